The van der Waals surface area contributed by atoms with Crippen molar-refractivity contribution in [3.8, 4) is 5.88 Å². The second-order valence-corrected chi connectivity index (χ2v) is 8.84. The highest BCUT2D eigenvalue weighted by Crippen LogP contribution is 2.26. The van der Waals surface area contributed by atoms with Crippen LogP contribution in [0.15, 0.2) is 35.4 Å². The smallest absolute Gasteiger partial charge is 0.242 e. The number of nitrogens with zero attached hydrogens (tertiary/aromatic N) is 1. The molecule has 1 aliphatic heterocycles. The summed E-state index contributed by atoms with van der Waals surface area (Å²) in [5.74, 6) is 0.458. The molecule has 2 aromatic heterocycles. The number of sulfonamides is 1. The van der Waals surface area contributed by atoms with Crippen LogP contribution in [-0.2, 0) is 14.8 Å². The van der Waals surface area contributed by atoms with Gasteiger partial charge in [-0.3, -0.25) is 0 Å². The highest BCUT2D eigenvalue weighted by atomic mass is 32.2. The van der Waals surface area contributed by atoms with E-state index >= 15 is 0 Å². The fourth-order valence-corrected chi connectivity index (χ4v) is 5.53. The van der Waals surface area contributed by atoms with E-state index in [2.05, 4.69) is 9.71 Å². The zero-order valence-corrected chi connectivity index (χ0v) is 15.2. The monoisotopic (exact) mass is 368 g/mol. The maximum atomic E-state index is 12.7. The Kier molecular flexibility index (Phi) is 5.19. The average molecular weight is 368 g/mol. The normalized spacial score (nSPS) is 21.6. The Morgan fingerprint density at radius 1 is 1.38 bits per heavy atom. The Balaban J connectivity index is 1.77. The molecule has 24 heavy (non-hydrogen) atoms. The van der Waals surface area contributed by atoms with Crippen molar-refractivity contribution < 1.29 is 17.9 Å². The standard InChI is InChI=1S/C16H20N2O4S2/c1-11-9-15(12(2)23-11)24(19,20)18-13-6-8-21-10-14(13)22-16-5-3-4-7-17-16/h3-5,7,9,13-14,18H,6,8,10H2,1-2H3/t13-,14-/m1/s1. The lowest BCUT2D eigenvalue weighted by atomic mass is 10.1. The minimum absolute atomic E-state index is 0.325. The SMILES string of the molecule is Cc1cc(S(=O)(=O)N[C@@H]2CCOC[C@H]2Oc2ccccn2)c(C)s1. The first-order chi connectivity index (χ1) is 11.5. The Morgan fingerprint density at radius 2 is 2.21 bits per heavy atom. The van der Waals surface area contributed by atoms with Crippen molar-refractivity contribution in [3.63, 3.8) is 0 Å². The first kappa shape index (κ1) is 17.3. The number of ether oxygens (including phenoxy) is 2. The molecule has 3 heterocycles. The fourth-order valence-electron chi connectivity index (χ4n) is 2.67. The van der Waals surface area contributed by atoms with Gasteiger partial charge in [-0.05, 0) is 32.4 Å². The summed E-state index contributed by atoms with van der Waals surface area (Å²) in [6.07, 6.45) is 1.78. The quantitative estimate of drug-likeness (QED) is 0.876. The summed E-state index contributed by atoms with van der Waals surface area (Å²) in [7, 11) is -3.59. The molecule has 2 atom stereocenters. The van der Waals surface area contributed by atoms with Crippen molar-refractivity contribution in [2.45, 2.75) is 37.3 Å². The van der Waals surface area contributed by atoms with Crippen LogP contribution in [0, 0.1) is 13.8 Å². The van der Waals surface area contributed by atoms with Crippen molar-refractivity contribution in [2.24, 2.45) is 0 Å². The predicted octanol–water partition coefficient (Wildman–Crippen LogP) is 2.27. The molecular formula is C16H20N2O4S2. The highest BCUT2D eigenvalue weighted by molar-refractivity contribution is 7.89. The first-order valence-corrected chi connectivity index (χ1v) is 10.0. The van der Waals surface area contributed by atoms with Crippen molar-refractivity contribution in [1.29, 1.82) is 0 Å². The Hall–Kier alpha value is -1.48. The topological polar surface area (TPSA) is 77.5 Å². The van der Waals surface area contributed by atoms with Gasteiger partial charge in [0.05, 0.1) is 17.5 Å². The highest BCUT2D eigenvalue weighted by Gasteiger charge is 2.32. The van der Waals surface area contributed by atoms with Gasteiger partial charge in [0.15, 0.2) is 0 Å². The number of aryl methyl sites for hydroxylation is 2. The molecule has 0 aromatic carbocycles. The van der Waals surface area contributed by atoms with Crippen LogP contribution in [0.3, 0.4) is 0 Å². The number of pyridine rings is 1. The van der Waals surface area contributed by atoms with Crippen LogP contribution >= 0.6 is 11.3 Å². The lowest BCUT2D eigenvalue weighted by molar-refractivity contribution is -0.0111. The van der Waals surface area contributed by atoms with Gasteiger partial charge >= 0.3 is 0 Å². The Morgan fingerprint density at radius 3 is 2.88 bits per heavy atom. The molecule has 0 saturated carbocycles. The average Bonchev–Trinajstić information content (AvgIpc) is 2.90. The number of rotatable bonds is 5. The van der Waals surface area contributed by atoms with Gasteiger partial charge in [0.2, 0.25) is 15.9 Å². The maximum absolute atomic E-state index is 12.7. The van der Waals surface area contributed by atoms with Gasteiger partial charge in [-0.1, -0.05) is 6.07 Å². The van der Waals surface area contributed by atoms with Gasteiger partial charge < -0.3 is 9.47 Å². The number of hydrogen-bond acceptors (Lipinski definition) is 6. The van der Waals surface area contributed by atoms with E-state index in [4.69, 9.17) is 9.47 Å². The second kappa shape index (κ2) is 7.18. The molecular weight excluding hydrogens is 348 g/mol. The number of thiophene rings is 1. The van der Waals surface area contributed by atoms with E-state index in [1.54, 1.807) is 24.4 Å². The van der Waals surface area contributed by atoms with Crippen molar-refractivity contribution in [3.05, 3.63) is 40.2 Å². The predicted molar refractivity (Wildman–Crippen MR) is 92.0 cm³/mol. The largest absolute Gasteiger partial charge is 0.470 e. The van der Waals surface area contributed by atoms with Gasteiger partial charge in [0.1, 0.15) is 6.10 Å². The maximum Gasteiger partial charge on any atom is 0.242 e. The Bertz CT molecular complexity index is 790. The van der Waals surface area contributed by atoms with E-state index in [9.17, 15) is 8.42 Å². The van der Waals surface area contributed by atoms with Crippen molar-refractivity contribution in [1.82, 2.24) is 9.71 Å². The second-order valence-electron chi connectivity index (χ2n) is 5.69. The fraction of sp³-hybridized carbons (Fsp3) is 0.438. The van der Waals surface area contributed by atoms with E-state index in [0.29, 0.717) is 30.4 Å². The third-order valence-electron chi connectivity index (χ3n) is 3.81. The summed E-state index contributed by atoms with van der Waals surface area (Å²) in [6, 6.07) is 6.71. The van der Waals surface area contributed by atoms with E-state index in [0.717, 1.165) is 9.75 Å². The van der Waals surface area contributed by atoms with Crippen LogP contribution in [0.5, 0.6) is 5.88 Å². The van der Waals surface area contributed by atoms with Gasteiger partial charge in [0.25, 0.3) is 0 Å². The molecule has 6 nitrogen and oxygen atoms in total. The minimum Gasteiger partial charge on any atom is -0.470 e. The molecule has 3 rings (SSSR count). The van der Waals surface area contributed by atoms with Crippen LogP contribution in [-0.4, -0.2) is 38.8 Å². The third kappa shape index (κ3) is 3.94. The van der Waals surface area contributed by atoms with E-state index in [1.165, 1.54) is 11.3 Å². The van der Waals surface area contributed by atoms with Crippen LogP contribution < -0.4 is 9.46 Å². The molecule has 1 saturated heterocycles. The number of hydrogen-bond donors (Lipinski definition) is 1. The number of nitrogens with one attached hydrogen (secondary N) is 1. The molecule has 1 fully saturated rings. The first-order valence-electron chi connectivity index (χ1n) is 7.70. The van der Waals surface area contributed by atoms with Crippen molar-refractivity contribution >= 4 is 21.4 Å². The molecule has 0 bridgehead atoms. The van der Waals surface area contributed by atoms with Crippen LogP contribution in [0.2, 0.25) is 0 Å². The molecule has 8 heteroatoms. The molecule has 130 valence electrons. The molecule has 0 amide bonds. The summed E-state index contributed by atoms with van der Waals surface area (Å²) >= 11 is 1.48. The molecule has 0 unspecified atom stereocenters. The number of aromatic nitrogens is 1. The van der Waals surface area contributed by atoms with Gasteiger partial charge in [-0.2, -0.15) is 0 Å². The van der Waals surface area contributed by atoms with Crippen LogP contribution in [0.4, 0.5) is 0 Å². The van der Waals surface area contributed by atoms with E-state index in [-0.39, 0.29) is 6.04 Å². The minimum atomic E-state index is -3.59. The van der Waals surface area contributed by atoms with Crippen LogP contribution in [0.1, 0.15) is 16.2 Å². The molecule has 0 spiro atoms. The van der Waals surface area contributed by atoms with Gasteiger partial charge in [-0.25, -0.2) is 18.1 Å². The third-order valence-corrected chi connectivity index (χ3v) is 6.52. The van der Waals surface area contributed by atoms with Crippen molar-refractivity contribution in [2.75, 3.05) is 13.2 Å². The summed E-state index contributed by atoms with van der Waals surface area (Å²) in [5, 5.41) is 0. The summed E-state index contributed by atoms with van der Waals surface area (Å²) in [6.45, 7) is 4.54. The molecule has 1 N–H and O–H groups in total. The summed E-state index contributed by atoms with van der Waals surface area (Å²) < 4.78 is 39.5. The zero-order chi connectivity index (χ0) is 17.2. The molecule has 1 aliphatic rings. The lowest BCUT2D eigenvalue weighted by Gasteiger charge is -2.31. The lowest BCUT2D eigenvalue weighted by Crippen LogP contribution is -2.51. The summed E-state index contributed by atoms with van der Waals surface area (Å²) in [5.41, 5.74) is 0. The van der Waals surface area contributed by atoms with Gasteiger partial charge in [-0.15, -0.1) is 11.3 Å². The molecule has 2 aromatic rings. The molecule has 0 radical (unpaired) electrons. The zero-order valence-electron chi connectivity index (χ0n) is 13.6. The van der Waals surface area contributed by atoms with E-state index < -0.39 is 16.1 Å². The summed E-state index contributed by atoms with van der Waals surface area (Å²) in [4.78, 5) is 6.23. The Labute approximate surface area is 145 Å². The van der Waals surface area contributed by atoms with Gasteiger partial charge in [0, 0.05) is 28.6 Å². The molecule has 0 aliphatic carbocycles. The van der Waals surface area contributed by atoms with Crippen LogP contribution in [0.25, 0.3) is 0 Å². The van der Waals surface area contributed by atoms with E-state index in [1.807, 2.05) is 19.9 Å².